The van der Waals surface area contributed by atoms with Gasteiger partial charge in [-0.3, -0.25) is 4.79 Å². The van der Waals surface area contributed by atoms with E-state index in [1.165, 1.54) is 0 Å². The Kier molecular flexibility index (Phi) is 3.21. The van der Waals surface area contributed by atoms with Gasteiger partial charge in [0.15, 0.2) is 0 Å². The van der Waals surface area contributed by atoms with Crippen LogP contribution in [0.5, 0.6) is 0 Å². The summed E-state index contributed by atoms with van der Waals surface area (Å²) in [6.07, 6.45) is 0.667. The number of fused-ring (bicyclic) bond motifs is 1. The van der Waals surface area contributed by atoms with Crippen molar-refractivity contribution < 1.29 is 9.90 Å². The molecule has 0 bridgehead atoms. The van der Waals surface area contributed by atoms with Crippen molar-refractivity contribution in [3.63, 3.8) is 0 Å². The van der Waals surface area contributed by atoms with E-state index in [2.05, 4.69) is 6.07 Å². The van der Waals surface area contributed by atoms with Gasteiger partial charge in [0.2, 0.25) is 5.91 Å². The average molecular weight is 237 g/mol. The number of aliphatic hydroxyl groups excluding tert-OH is 1. The lowest BCUT2D eigenvalue weighted by Crippen LogP contribution is -2.36. The summed E-state index contributed by atoms with van der Waals surface area (Å²) < 4.78 is 0. The number of carbonyl (C=O) groups excluding carboxylic acids is 1. The molecule has 0 spiro atoms. The molecular weight excluding hydrogens is 222 g/mol. The van der Waals surface area contributed by atoms with Gasteiger partial charge in [0.1, 0.15) is 0 Å². The molecule has 0 saturated heterocycles. The minimum absolute atomic E-state index is 0.0260. The fourth-order valence-corrected chi connectivity index (χ4v) is 3.03. The normalized spacial score (nSPS) is 19.8. The van der Waals surface area contributed by atoms with Crippen molar-refractivity contribution in [1.29, 1.82) is 0 Å². The molecule has 0 aromatic heterocycles. The number of hydrogen-bond donors (Lipinski definition) is 1. The first-order chi connectivity index (χ1) is 7.63. The molecule has 0 aliphatic carbocycles. The number of aliphatic hydroxyl groups is 1. The molecule has 1 aliphatic rings. The zero-order chi connectivity index (χ0) is 11.7. The van der Waals surface area contributed by atoms with Gasteiger partial charge >= 0.3 is 0 Å². The van der Waals surface area contributed by atoms with Crippen molar-refractivity contribution in [1.82, 2.24) is 0 Å². The van der Waals surface area contributed by atoms with Gasteiger partial charge in [-0.05, 0) is 31.0 Å². The van der Waals surface area contributed by atoms with Gasteiger partial charge in [-0.2, -0.15) is 0 Å². The maximum absolute atomic E-state index is 11.8. The first kappa shape index (κ1) is 11.5. The number of amides is 1. The second kappa shape index (κ2) is 4.47. The number of rotatable bonds is 2. The number of carbonyl (C=O) groups is 1. The van der Waals surface area contributed by atoms with Crippen molar-refractivity contribution in [3.8, 4) is 0 Å². The Labute approximate surface area is 99.5 Å². The van der Waals surface area contributed by atoms with Crippen LogP contribution < -0.4 is 4.90 Å². The van der Waals surface area contributed by atoms with Crippen molar-refractivity contribution in [2.45, 2.75) is 23.5 Å². The highest BCUT2D eigenvalue weighted by molar-refractivity contribution is 8.00. The van der Waals surface area contributed by atoms with E-state index in [9.17, 15) is 4.79 Å². The largest absolute Gasteiger partial charge is 0.396 e. The summed E-state index contributed by atoms with van der Waals surface area (Å²) in [5.74, 6) is 0.146. The summed E-state index contributed by atoms with van der Waals surface area (Å²) in [5, 5.41) is 8.87. The summed E-state index contributed by atoms with van der Waals surface area (Å²) >= 11 is 1.59. The van der Waals surface area contributed by atoms with Gasteiger partial charge in [-0.1, -0.05) is 6.07 Å². The van der Waals surface area contributed by atoms with Crippen LogP contribution in [0, 0.1) is 0 Å². The molecule has 1 aromatic rings. The average Bonchev–Trinajstić information content (AvgIpc) is 2.26. The van der Waals surface area contributed by atoms with Crippen molar-refractivity contribution in [2.24, 2.45) is 0 Å². The Morgan fingerprint density at radius 2 is 2.25 bits per heavy atom. The predicted octanol–water partition coefficient (Wildman–Crippen LogP) is 1.68. The Balaban J connectivity index is 2.37. The highest BCUT2D eigenvalue weighted by Crippen LogP contribution is 2.38. The van der Waals surface area contributed by atoms with Gasteiger partial charge in [0.25, 0.3) is 0 Å². The van der Waals surface area contributed by atoms with Gasteiger partial charge in [0.05, 0.1) is 10.9 Å². The van der Waals surface area contributed by atoms with E-state index in [0.717, 1.165) is 16.1 Å². The van der Waals surface area contributed by atoms with Crippen LogP contribution >= 0.6 is 11.8 Å². The third kappa shape index (κ3) is 1.95. The maximum atomic E-state index is 11.8. The maximum Gasteiger partial charge on any atom is 0.239 e. The highest BCUT2D eigenvalue weighted by Gasteiger charge is 2.27. The van der Waals surface area contributed by atoms with Crippen LogP contribution in [0.25, 0.3) is 0 Å². The molecule has 1 aromatic carbocycles. The standard InChI is InChI=1S/C12H15NO2S/c1-8-12(15)13(2)10-4-3-9(5-6-14)7-11(10)16-8/h3-4,7-8,14H,5-6H2,1-2H3. The summed E-state index contributed by atoms with van der Waals surface area (Å²) in [6.45, 7) is 2.08. The molecule has 1 N–H and O–H groups in total. The lowest BCUT2D eigenvalue weighted by Gasteiger charge is -2.29. The second-order valence-corrected chi connectivity index (χ2v) is 5.32. The Morgan fingerprint density at radius 3 is 2.94 bits per heavy atom. The lowest BCUT2D eigenvalue weighted by atomic mass is 10.1. The third-order valence-electron chi connectivity index (χ3n) is 2.77. The molecule has 4 heteroatoms. The third-order valence-corrected chi connectivity index (χ3v) is 3.90. The van der Waals surface area contributed by atoms with E-state index < -0.39 is 0 Å². The van der Waals surface area contributed by atoms with Crippen LogP contribution in [0.2, 0.25) is 0 Å². The second-order valence-electron chi connectivity index (χ2n) is 3.93. The smallest absolute Gasteiger partial charge is 0.239 e. The van der Waals surface area contributed by atoms with E-state index in [1.54, 1.807) is 16.7 Å². The van der Waals surface area contributed by atoms with Gasteiger partial charge in [0, 0.05) is 18.6 Å². The van der Waals surface area contributed by atoms with Crippen LogP contribution in [-0.4, -0.2) is 29.9 Å². The Hall–Kier alpha value is -1.00. The minimum atomic E-state index is -0.0260. The molecular formula is C12H15NO2S. The van der Waals surface area contributed by atoms with Crippen LogP contribution in [0.1, 0.15) is 12.5 Å². The topological polar surface area (TPSA) is 40.5 Å². The fraction of sp³-hybridized carbons (Fsp3) is 0.417. The number of benzene rings is 1. The van der Waals surface area contributed by atoms with Crippen LogP contribution in [0.15, 0.2) is 23.1 Å². The molecule has 1 heterocycles. The first-order valence-electron chi connectivity index (χ1n) is 5.31. The molecule has 0 radical (unpaired) electrons. The number of hydrogen-bond acceptors (Lipinski definition) is 3. The molecule has 86 valence electrons. The van der Waals surface area contributed by atoms with Gasteiger partial charge in [-0.25, -0.2) is 0 Å². The molecule has 1 atom stereocenters. The summed E-state index contributed by atoms with van der Waals surface area (Å²) in [6, 6.07) is 5.99. The van der Waals surface area contributed by atoms with Crippen molar-refractivity contribution in [2.75, 3.05) is 18.6 Å². The summed E-state index contributed by atoms with van der Waals surface area (Å²) in [7, 11) is 1.81. The molecule has 2 rings (SSSR count). The first-order valence-corrected chi connectivity index (χ1v) is 6.19. The van der Waals surface area contributed by atoms with E-state index in [4.69, 9.17) is 5.11 Å². The van der Waals surface area contributed by atoms with Gasteiger partial charge < -0.3 is 10.0 Å². The molecule has 1 amide bonds. The van der Waals surface area contributed by atoms with E-state index in [-0.39, 0.29) is 17.8 Å². The quantitative estimate of drug-likeness (QED) is 0.850. The summed E-state index contributed by atoms with van der Waals surface area (Å²) in [4.78, 5) is 14.6. The minimum Gasteiger partial charge on any atom is -0.396 e. The predicted molar refractivity (Wildman–Crippen MR) is 66.0 cm³/mol. The van der Waals surface area contributed by atoms with Gasteiger partial charge in [-0.15, -0.1) is 11.8 Å². The number of nitrogens with zero attached hydrogens (tertiary/aromatic N) is 1. The van der Waals surface area contributed by atoms with Crippen molar-refractivity contribution in [3.05, 3.63) is 23.8 Å². The highest BCUT2D eigenvalue weighted by atomic mass is 32.2. The molecule has 1 unspecified atom stereocenters. The molecule has 1 aliphatic heterocycles. The van der Waals surface area contributed by atoms with E-state index in [1.807, 2.05) is 26.1 Å². The van der Waals surface area contributed by atoms with E-state index >= 15 is 0 Å². The van der Waals surface area contributed by atoms with Crippen LogP contribution in [0.3, 0.4) is 0 Å². The SMILES string of the molecule is CC1Sc2cc(CCO)ccc2N(C)C1=O. The molecule has 3 nitrogen and oxygen atoms in total. The lowest BCUT2D eigenvalue weighted by molar-refractivity contribution is -0.117. The molecule has 16 heavy (non-hydrogen) atoms. The van der Waals surface area contributed by atoms with Crippen LogP contribution in [-0.2, 0) is 11.2 Å². The Bertz CT molecular complexity index is 419. The fourth-order valence-electron chi connectivity index (χ4n) is 1.85. The van der Waals surface area contributed by atoms with Crippen molar-refractivity contribution >= 4 is 23.4 Å². The monoisotopic (exact) mass is 237 g/mol. The number of anilines is 1. The number of thioether (sulfide) groups is 1. The molecule has 0 fully saturated rings. The van der Waals surface area contributed by atoms with E-state index in [0.29, 0.717) is 6.42 Å². The summed E-state index contributed by atoms with van der Waals surface area (Å²) in [5.41, 5.74) is 2.08. The zero-order valence-corrected chi connectivity index (χ0v) is 10.3. The van der Waals surface area contributed by atoms with Crippen LogP contribution in [0.4, 0.5) is 5.69 Å². The zero-order valence-electron chi connectivity index (χ0n) is 9.43. The Morgan fingerprint density at radius 1 is 1.50 bits per heavy atom. The molecule has 0 saturated carbocycles.